The maximum atomic E-state index is 12.8. The van der Waals surface area contributed by atoms with Crippen molar-refractivity contribution in [1.29, 1.82) is 0 Å². The Morgan fingerprint density at radius 3 is 2.30 bits per heavy atom. The predicted octanol–water partition coefficient (Wildman–Crippen LogP) is 2.07. The van der Waals surface area contributed by atoms with Crippen LogP contribution in [0.15, 0.2) is 36.8 Å². The largest absolute Gasteiger partial charge is 0.353 e. The lowest BCUT2D eigenvalue weighted by atomic mass is 9.99. The molecule has 4 heterocycles. The number of likely N-dealkylation sites (tertiary alicyclic amines) is 1. The molecule has 0 saturated carbocycles. The molecule has 4 rings (SSSR count). The quantitative estimate of drug-likeness (QED) is 0.829. The summed E-state index contributed by atoms with van der Waals surface area (Å²) in [4.78, 5) is 32.4. The van der Waals surface area contributed by atoms with Crippen LogP contribution in [0.4, 0.5) is 11.8 Å². The van der Waals surface area contributed by atoms with Crippen LogP contribution in [0.3, 0.4) is 0 Å². The number of pyridine rings is 1. The number of carbonyl (C=O) groups is 1. The highest BCUT2D eigenvalue weighted by Gasteiger charge is 2.24. The number of piperidine rings is 1. The molecule has 0 bridgehead atoms. The van der Waals surface area contributed by atoms with Crippen molar-refractivity contribution in [1.82, 2.24) is 19.9 Å². The first-order chi connectivity index (χ1) is 13.2. The van der Waals surface area contributed by atoms with Gasteiger partial charge in [-0.05, 0) is 37.0 Å². The second kappa shape index (κ2) is 7.90. The summed E-state index contributed by atoms with van der Waals surface area (Å²) >= 11 is 0. The highest BCUT2D eigenvalue weighted by Crippen LogP contribution is 2.21. The molecule has 2 aliphatic rings. The van der Waals surface area contributed by atoms with Crippen LogP contribution in [0.5, 0.6) is 0 Å². The van der Waals surface area contributed by atoms with Gasteiger partial charge in [-0.3, -0.25) is 4.79 Å². The Labute approximate surface area is 160 Å². The maximum absolute atomic E-state index is 12.8. The SMILES string of the molecule is CC1CCN(C(=O)c2ccnc(N3CCN(c4ncccn4)CC3)c2)CC1. The second-order valence-electron chi connectivity index (χ2n) is 7.40. The number of carbonyl (C=O) groups excluding carboxylic acids is 1. The van der Waals surface area contributed by atoms with Gasteiger partial charge >= 0.3 is 0 Å². The maximum Gasteiger partial charge on any atom is 0.254 e. The van der Waals surface area contributed by atoms with Gasteiger partial charge in [0.15, 0.2) is 0 Å². The van der Waals surface area contributed by atoms with Crippen LogP contribution in [0.25, 0.3) is 0 Å². The van der Waals surface area contributed by atoms with E-state index in [9.17, 15) is 4.79 Å². The number of rotatable bonds is 3. The van der Waals surface area contributed by atoms with Gasteiger partial charge in [0.1, 0.15) is 5.82 Å². The summed E-state index contributed by atoms with van der Waals surface area (Å²) in [7, 11) is 0. The molecular formula is C20H26N6O. The highest BCUT2D eigenvalue weighted by molar-refractivity contribution is 5.95. The molecule has 0 aromatic carbocycles. The van der Waals surface area contributed by atoms with E-state index in [-0.39, 0.29) is 5.91 Å². The normalized spacial score (nSPS) is 18.6. The summed E-state index contributed by atoms with van der Waals surface area (Å²) in [5.41, 5.74) is 0.739. The standard InChI is InChI=1S/C20H26N6O/c1-16-4-9-25(10-5-16)19(27)17-3-8-21-18(15-17)24-11-13-26(14-12-24)20-22-6-2-7-23-20/h2-3,6-8,15-16H,4-5,9-14H2,1H3. The van der Waals surface area contributed by atoms with Gasteiger partial charge in [-0.1, -0.05) is 6.92 Å². The fourth-order valence-corrected chi connectivity index (χ4v) is 3.71. The van der Waals surface area contributed by atoms with Gasteiger partial charge in [-0.15, -0.1) is 0 Å². The molecule has 2 aromatic heterocycles. The minimum absolute atomic E-state index is 0.127. The topological polar surface area (TPSA) is 65.5 Å². The third kappa shape index (κ3) is 4.02. The van der Waals surface area contributed by atoms with Gasteiger partial charge in [0.2, 0.25) is 5.95 Å². The fourth-order valence-electron chi connectivity index (χ4n) is 3.71. The zero-order chi connectivity index (χ0) is 18.6. The molecule has 1 amide bonds. The van der Waals surface area contributed by atoms with Crippen LogP contribution in [0, 0.1) is 5.92 Å². The Bertz CT molecular complexity index is 767. The first kappa shape index (κ1) is 17.7. The van der Waals surface area contributed by atoms with Gasteiger partial charge in [-0.2, -0.15) is 0 Å². The summed E-state index contributed by atoms with van der Waals surface area (Å²) in [5.74, 6) is 2.49. The minimum Gasteiger partial charge on any atom is -0.353 e. The Balaban J connectivity index is 1.40. The van der Waals surface area contributed by atoms with Crippen molar-refractivity contribution in [3.05, 3.63) is 42.4 Å². The molecule has 7 heteroatoms. The van der Waals surface area contributed by atoms with Crippen LogP contribution in [0.2, 0.25) is 0 Å². The summed E-state index contributed by atoms with van der Waals surface area (Å²) < 4.78 is 0. The van der Waals surface area contributed by atoms with E-state index in [1.54, 1.807) is 18.6 Å². The van der Waals surface area contributed by atoms with Crippen molar-refractivity contribution in [2.45, 2.75) is 19.8 Å². The molecule has 0 aliphatic carbocycles. The van der Waals surface area contributed by atoms with E-state index in [2.05, 4.69) is 31.7 Å². The van der Waals surface area contributed by atoms with Crippen molar-refractivity contribution < 1.29 is 4.79 Å². The van der Waals surface area contributed by atoms with Gasteiger partial charge in [0, 0.05) is 63.4 Å². The summed E-state index contributed by atoms with van der Waals surface area (Å²) in [6.45, 7) is 7.32. The monoisotopic (exact) mass is 366 g/mol. The number of hydrogen-bond acceptors (Lipinski definition) is 6. The van der Waals surface area contributed by atoms with Crippen molar-refractivity contribution in [3.8, 4) is 0 Å². The second-order valence-corrected chi connectivity index (χ2v) is 7.40. The summed E-state index contributed by atoms with van der Waals surface area (Å²) in [6.07, 6.45) is 7.47. The van der Waals surface area contributed by atoms with E-state index >= 15 is 0 Å². The van der Waals surface area contributed by atoms with E-state index in [1.807, 2.05) is 23.1 Å². The van der Waals surface area contributed by atoms with Gasteiger partial charge < -0.3 is 14.7 Å². The van der Waals surface area contributed by atoms with Gasteiger partial charge in [-0.25, -0.2) is 15.0 Å². The van der Waals surface area contributed by atoms with E-state index in [0.29, 0.717) is 5.92 Å². The van der Waals surface area contributed by atoms with Crippen molar-refractivity contribution in [2.75, 3.05) is 49.1 Å². The molecule has 27 heavy (non-hydrogen) atoms. The van der Waals surface area contributed by atoms with Crippen molar-refractivity contribution in [3.63, 3.8) is 0 Å². The van der Waals surface area contributed by atoms with Crippen LogP contribution < -0.4 is 9.80 Å². The third-order valence-corrected chi connectivity index (χ3v) is 5.50. The molecule has 0 N–H and O–H groups in total. The predicted molar refractivity (Wildman–Crippen MR) is 105 cm³/mol. The minimum atomic E-state index is 0.127. The van der Waals surface area contributed by atoms with E-state index in [0.717, 1.165) is 69.4 Å². The van der Waals surface area contributed by atoms with Crippen LogP contribution >= 0.6 is 0 Å². The number of anilines is 2. The summed E-state index contributed by atoms with van der Waals surface area (Å²) in [6, 6.07) is 5.60. The molecule has 2 aliphatic heterocycles. The van der Waals surface area contributed by atoms with Crippen LogP contribution in [-0.4, -0.2) is 65.0 Å². The average Bonchev–Trinajstić information content (AvgIpc) is 2.75. The Kier molecular flexibility index (Phi) is 5.18. The molecule has 2 aromatic rings. The first-order valence-electron chi connectivity index (χ1n) is 9.73. The highest BCUT2D eigenvalue weighted by atomic mass is 16.2. The molecule has 0 unspecified atom stereocenters. The Morgan fingerprint density at radius 1 is 0.926 bits per heavy atom. The molecular weight excluding hydrogens is 340 g/mol. The molecule has 2 fully saturated rings. The molecule has 0 atom stereocenters. The molecule has 0 radical (unpaired) electrons. The fraction of sp³-hybridized carbons (Fsp3) is 0.500. The molecule has 142 valence electrons. The molecule has 2 saturated heterocycles. The number of aromatic nitrogens is 3. The lowest BCUT2D eigenvalue weighted by Crippen LogP contribution is -2.47. The lowest BCUT2D eigenvalue weighted by Gasteiger charge is -2.35. The zero-order valence-corrected chi connectivity index (χ0v) is 15.8. The number of hydrogen-bond donors (Lipinski definition) is 0. The smallest absolute Gasteiger partial charge is 0.254 e. The number of piperazine rings is 1. The number of nitrogens with zero attached hydrogens (tertiary/aromatic N) is 6. The molecule has 0 spiro atoms. The van der Waals surface area contributed by atoms with Gasteiger partial charge in [0.05, 0.1) is 0 Å². The van der Waals surface area contributed by atoms with Crippen LogP contribution in [0.1, 0.15) is 30.1 Å². The summed E-state index contributed by atoms with van der Waals surface area (Å²) in [5, 5.41) is 0. The Hall–Kier alpha value is -2.70. The van der Waals surface area contributed by atoms with E-state index < -0.39 is 0 Å². The van der Waals surface area contributed by atoms with Crippen molar-refractivity contribution >= 4 is 17.7 Å². The van der Waals surface area contributed by atoms with Crippen LogP contribution in [-0.2, 0) is 0 Å². The third-order valence-electron chi connectivity index (χ3n) is 5.50. The van der Waals surface area contributed by atoms with Gasteiger partial charge in [0.25, 0.3) is 5.91 Å². The number of amides is 1. The first-order valence-corrected chi connectivity index (χ1v) is 9.73. The molecule has 7 nitrogen and oxygen atoms in total. The average molecular weight is 366 g/mol. The van der Waals surface area contributed by atoms with Crippen molar-refractivity contribution in [2.24, 2.45) is 5.92 Å². The van der Waals surface area contributed by atoms with E-state index in [1.165, 1.54) is 0 Å². The zero-order valence-electron chi connectivity index (χ0n) is 15.8. The van der Waals surface area contributed by atoms with E-state index in [4.69, 9.17) is 0 Å². The lowest BCUT2D eigenvalue weighted by molar-refractivity contribution is 0.0697. The Morgan fingerprint density at radius 2 is 1.59 bits per heavy atom.